The van der Waals surface area contributed by atoms with Crippen LogP contribution in [-0.4, -0.2) is 47.6 Å². The predicted molar refractivity (Wildman–Crippen MR) is 136 cm³/mol. The highest BCUT2D eigenvalue weighted by Gasteiger charge is 2.26. The average Bonchev–Trinajstić information content (AvgIpc) is 3.28. The molecule has 0 unspecified atom stereocenters. The average molecular weight is 479 g/mol. The Balaban J connectivity index is 1.35. The van der Waals surface area contributed by atoms with Crippen molar-refractivity contribution in [3.8, 4) is 0 Å². The number of oxime groups is 1. The van der Waals surface area contributed by atoms with E-state index in [1.54, 1.807) is 0 Å². The molecule has 0 saturated carbocycles. The first-order chi connectivity index (χ1) is 16.6. The van der Waals surface area contributed by atoms with Gasteiger partial charge >= 0.3 is 0 Å². The number of nitrogens with zero attached hydrogens (tertiary/aromatic N) is 2. The van der Waals surface area contributed by atoms with Crippen molar-refractivity contribution in [2.45, 2.75) is 38.7 Å². The number of ether oxygens (including phenoxy) is 1. The van der Waals surface area contributed by atoms with E-state index in [1.165, 1.54) is 5.56 Å². The highest BCUT2D eigenvalue weighted by Crippen LogP contribution is 2.21. The minimum atomic E-state index is -0.624. The highest BCUT2D eigenvalue weighted by molar-refractivity contribution is 6.30. The summed E-state index contributed by atoms with van der Waals surface area (Å²) in [7, 11) is 0. The molecule has 0 saturated heterocycles. The first-order valence-electron chi connectivity index (χ1n) is 11.6. The van der Waals surface area contributed by atoms with Crippen LogP contribution in [0.3, 0.4) is 0 Å². The van der Waals surface area contributed by atoms with Gasteiger partial charge in [0.2, 0.25) is 0 Å². The van der Waals surface area contributed by atoms with Gasteiger partial charge < -0.3 is 14.7 Å². The molecule has 1 heterocycles. The molecule has 0 aliphatic carbocycles. The maximum atomic E-state index is 10.7. The molecule has 6 heteroatoms. The minimum absolute atomic E-state index is 0.0776. The smallest absolute Gasteiger partial charge is 0.145 e. The van der Waals surface area contributed by atoms with E-state index < -0.39 is 6.10 Å². The van der Waals surface area contributed by atoms with Crippen LogP contribution in [-0.2, 0) is 22.7 Å². The van der Waals surface area contributed by atoms with Crippen molar-refractivity contribution in [2.24, 2.45) is 5.16 Å². The number of hydrogen-bond donors (Lipinski definition) is 1. The normalized spacial score (nSPS) is 16.4. The summed E-state index contributed by atoms with van der Waals surface area (Å²) in [6, 6.07) is 26.0. The van der Waals surface area contributed by atoms with Gasteiger partial charge in [-0.2, -0.15) is 0 Å². The van der Waals surface area contributed by atoms with Gasteiger partial charge in [-0.15, -0.1) is 0 Å². The molecule has 1 aliphatic heterocycles. The Labute approximate surface area is 206 Å². The zero-order valence-electron chi connectivity index (χ0n) is 19.4. The molecular weight excluding hydrogens is 448 g/mol. The van der Waals surface area contributed by atoms with Crippen LogP contribution in [0, 0.1) is 6.92 Å². The maximum Gasteiger partial charge on any atom is 0.145 e. The lowest BCUT2D eigenvalue weighted by Gasteiger charge is -2.27. The third-order valence-electron chi connectivity index (χ3n) is 5.84. The first-order valence-corrected chi connectivity index (χ1v) is 12.0. The van der Waals surface area contributed by atoms with Crippen LogP contribution >= 0.6 is 11.6 Å². The summed E-state index contributed by atoms with van der Waals surface area (Å²) in [6.07, 6.45) is 0.0320. The minimum Gasteiger partial charge on any atom is -0.390 e. The first kappa shape index (κ1) is 24.4. The van der Waals surface area contributed by atoms with E-state index >= 15 is 0 Å². The Hall–Kier alpha value is -2.70. The number of hydrogen-bond acceptors (Lipinski definition) is 5. The zero-order chi connectivity index (χ0) is 23.8. The molecule has 2 atom stereocenters. The summed E-state index contributed by atoms with van der Waals surface area (Å²) >= 11 is 6.20. The third-order valence-corrected chi connectivity index (χ3v) is 6.07. The molecular formula is C28H31ClN2O3. The van der Waals surface area contributed by atoms with Crippen LogP contribution < -0.4 is 0 Å². The monoisotopic (exact) mass is 478 g/mol. The molecule has 178 valence electrons. The van der Waals surface area contributed by atoms with Gasteiger partial charge in [-0.25, -0.2) is 0 Å². The second-order valence-corrected chi connectivity index (χ2v) is 9.20. The van der Waals surface area contributed by atoms with Crippen molar-refractivity contribution in [1.82, 2.24) is 4.90 Å². The van der Waals surface area contributed by atoms with Gasteiger partial charge in [-0.3, -0.25) is 4.90 Å². The maximum absolute atomic E-state index is 10.7. The Morgan fingerprint density at radius 3 is 2.62 bits per heavy atom. The van der Waals surface area contributed by atoms with Crippen molar-refractivity contribution in [3.63, 3.8) is 0 Å². The highest BCUT2D eigenvalue weighted by atomic mass is 35.5. The van der Waals surface area contributed by atoms with Gasteiger partial charge in [-0.1, -0.05) is 83.5 Å². The fraction of sp³-hybridized carbons (Fsp3) is 0.321. The topological polar surface area (TPSA) is 54.3 Å². The quantitative estimate of drug-likeness (QED) is 0.410. The lowest BCUT2D eigenvalue weighted by molar-refractivity contribution is -0.00648. The molecule has 34 heavy (non-hydrogen) atoms. The van der Waals surface area contributed by atoms with E-state index in [2.05, 4.69) is 29.1 Å². The summed E-state index contributed by atoms with van der Waals surface area (Å²) in [5, 5.41) is 15.8. The summed E-state index contributed by atoms with van der Waals surface area (Å²) in [5.41, 5.74) is 5.46. The Kier molecular flexibility index (Phi) is 8.72. The zero-order valence-corrected chi connectivity index (χ0v) is 20.2. The summed E-state index contributed by atoms with van der Waals surface area (Å²) in [6.45, 7) is 4.57. The van der Waals surface area contributed by atoms with Crippen LogP contribution in [0.15, 0.2) is 84.0 Å². The van der Waals surface area contributed by atoms with Gasteiger partial charge in [0.15, 0.2) is 0 Å². The van der Waals surface area contributed by atoms with Crippen molar-refractivity contribution in [1.29, 1.82) is 0 Å². The van der Waals surface area contributed by atoms with Crippen molar-refractivity contribution in [2.75, 3.05) is 19.7 Å². The number of aryl methyl sites for hydroxylation is 1. The molecule has 0 fully saturated rings. The van der Waals surface area contributed by atoms with E-state index in [0.29, 0.717) is 31.3 Å². The molecule has 1 N–H and O–H groups in total. The van der Waals surface area contributed by atoms with Crippen molar-refractivity contribution in [3.05, 3.63) is 106 Å². The van der Waals surface area contributed by atoms with Gasteiger partial charge in [0.1, 0.15) is 6.10 Å². The molecule has 3 aromatic rings. The molecule has 0 spiro atoms. The van der Waals surface area contributed by atoms with Crippen molar-refractivity contribution >= 4 is 17.3 Å². The van der Waals surface area contributed by atoms with Gasteiger partial charge in [0, 0.05) is 36.6 Å². The van der Waals surface area contributed by atoms with Gasteiger partial charge in [-0.05, 0) is 35.7 Å². The van der Waals surface area contributed by atoms with Crippen LogP contribution in [0.4, 0.5) is 0 Å². The second-order valence-electron chi connectivity index (χ2n) is 8.76. The molecule has 0 bridgehead atoms. The van der Waals surface area contributed by atoms with E-state index in [4.69, 9.17) is 21.2 Å². The van der Waals surface area contributed by atoms with E-state index in [1.807, 2.05) is 66.7 Å². The summed E-state index contributed by atoms with van der Waals surface area (Å²) in [5.74, 6) is 0. The van der Waals surface area contributed by atoms with Gasteiger partial charge in [0.05, 0.1) is 25.0 Å². The van der Waals surface area contributed by atoms with E-state index in [0.717, 1.165) is 28.8 Å². The van der Waals surface area contributed by atoms with Gasteiger partial charge in [0.25, 0.3) is 0 Å². The lowest BCUT2D eigenvalue weighted by Crippen LogP contribution is -2.39. The van der Waals surface area contributed by atoms with Crippen LogP contribution in [0.25, 0.3) is 0 Å². The fourth-order valence-corrected chi connectivity index (χ4v) is 4.42. The number of halogens is 1. The van der Waals surface area contributed by atoms with E-state index in [-0.39, 0.29) is 12.7 Å². The molecule has 3 aromatic carbocycles. The predicted octanol–water partition coefficient (Wildman–Crippen LogP) is 5.22. The standard InChI is InChI=1S/C28H31ClN2O3/c1-21-8-5-6-13-27(21)28-15-26(34-30-28)18-31(16-23-11-7-12-24(29)14-23)17-25(32)20-33-19-22-9-3-2-4-10-22/h2-14,25-26,32H,15-20H2,1H3/t25-,26+/m0/s1. The molecule has 0 aromatic heterocycles. The summed E-state index contributed by atoms with van der Waals surface area (Å²) in [4.78, 5) is 7.98. The molecule has 5 nitrogen and oxygen atoms in total. The fourth-order valence-electron chi connectivity index (χ4n) is 4.20. The largest absolute Gasteiger partial charge is 0.390 e. The Morgan fingerprint density at radius 2 is 1.82 bits per heavy atom. The lowest BCUT2D eigenvalue weighted by atomic mass is 10.00. The number of aliphatic hydroxyl groups excluding tert-OH is 1. The molecule has 1 aliphatic rings. The number of benzene rings is 3. The molecule has 4 rings (SSSR count). The second kappa shape index (κ2) is 12.1. The third kappa shape index (κ3) is 7.15. The summed E-state index contributed by atoms with van der Waals surface area (Å²) < 4.78 is 5.76. The van der Waals surface area contributed by atoms with Crippen molar-refractivity contribution < 1.29 is 14.7 Å². The number of aliphatic hydroxyl groups is 1. The van der Waals surface area contributed by atoms with E-state index in [9.17, 15) is 5.11 Å². The molecule has 0 radical (unpaired) electrons. The molecule has 0 amide bonds. The van der Waals surface area contributed by atoms with Crippen LogP contribution in [0.5, 0.6) is 0 Å². The Morgan fingerprint density at radius 1 is 1.06 bits per heavy atom. The Bertz CT molecular complexity index is 1090. The van der Waals surface area contributed by atoms with Crippen LogP contribution in [0.1, 0.15) is 28.7 Å². The SMILES string of the molecule is Cc1ccccc1C1=NO[C@@H](CN(Cc2cccc(Cl)c2)C[C@H](O)COCc2ccccc2)C1. The van der Waals surface area contributed by atoms with Crippen LogP contribution in [0.2, 0.25) is 5.02 Å². The number of rotatable bonds is 11.